The van der Waals surface area contributed by atoms with Gasteiger partial charge >= 0.3 is 0 Å². The summed E-state index contributed by atoms with van der Waals surface area (Å²) in [5, 5.41) is 0. The highest BCUT2D eigenvalue weighted by molar-refractivity contribution is 6.36. The van der Waals surface area contributed by atoms with Crippen molar-refractivity contribution in [2.75, 3.05) is 0 Å². The maximum absolute atomic E-state index is 12.7. The van der Waals surface area contributed by atoms with Crippen LogP contribution in [0.2, 0.25) is 0 Å². The summed E-state index contributed by atoms with van der Waals surface area (Å²) in [4.78, 5) is 24.7. The summed E-state index contributed by atoms with van der Waals surface area (Å²) in [7, 11) is 0. The van der Waals surface area contributed by atoms with Crippen molar-refractivity contribution in [2.45, 2.75) is 13.3 Å². The second-order valence-electron chi connectivity index (χ2n) is 5.30. The fraction of sp³-hybridized carbons (Fsp3) is 0.111. The molecule has 4 nitrogen and oxygen atoms in total. The molecule has 22 heavy (non-hydrogen) atoms. The third-order valence-corrected chi connectivity index (χ3v) is 3.93. The number of fused-ring (bicyclic) bond motifs is 1. The molecule has 2 aliphatic carbocycles. The van der Waals surface area contributed by atoms with E-state index in [-0.39, 0.29) is 34.1 Å². The first-order valence-electron chi connectivity index (χ1n) is 7.11. The average molecular weight is 292 g/mol. The van der Waals surface area contributed by atoms with E-state index in [4.69, 9.17) is 11.5 Å². The monoisotopic (exact) mass is 292 g/mol. The Morgan fingerprint density at radius 2 is 1.59 bits per heavy atom. The van der Waals surface area contributed by atoms with Gasteiger partial charge in [-0.1, -0.05) is 31.2 Å². The molecular weight excluding hydrogens is 276 g/mol. The molecule has 110 valence electrons. The van der Waals surface area contributed by atoms with Crippen molar-refractivity contribution in [3.8, 4) is 0 Å². The van der Waals surface area contributed by atoms with Crippen molar-refractivity contribution in [1.82, 2.24) is 0 Å². The molecule has 1 aromatic carbocycles. The molecule has 0 saturated heterocycles. The van der Waals surface area contributed by atoms with Crippen LogP contribution in [0.1, 0.15) is 18.1 Å². The van der Waals surface area contributed by atoms with Gasteiger partial charge in [0.05, 0.1) is 11.1 Å². The number of hydrogen-bond donors (Lipinski definition) is 2. The highest BCUT2D eigenvalue weighted by atomic mass is 16.1. The molecule has 3 rings (SSSR count). The molecule has 0 bridgehead atoms. The average Bonchev–Trinajstić information content (AvgIpc) is 2.53. The summed E-state index contributed by atoms with van der Waals surface area (Å²) < 4.78 is 0. The van der Waals surface area contributed by atoms with E-state index in [9.17, 15) is 9.59 Å². The normalized spacial score (nSPS) is 17.8. The Morgan fingerprint density at radius 1 is 0.909 bits per heavy atom. The number of aryl methyl sites for hydroxylation is 1. The Kier molecular flexibility index (Phi) is 3.29. The van der Waals surface area contributed by atoms with E-state index in [0.29, 0.717) is 5.57 Å². The number of carbonyl (C=O) groups excluding carboxylic acids is 2. The number of allylic oxidation sites excluding steroid dienone is 6. The van der Waals surface area contributed by atoms with Gasteiger partial charge in [-0.05, 0) is 35.8 Å². The van der Waals surface area contributed by atoms with Crippen molar-refractivity contribution >= 4 is 17.1 Å². The van der Waals surface area contributed by atoms with E-state index in [1.165, 1.54) is 17.7 Å². The predicted molar refractivity (Wildman–Crippen MR) is 85.4 cm³/mol. The minimum atomic E-state index is -0.285. The lowest BCUT2D eigenvalue weighted by atomic mass is 9.81. The molecular formula is C18H16N2O2. The van der Waals surface area contributed by atoms with Gasteiger partial charge in [-0.2, -0.15) is 0 Å². The van der Waals surface area contributed by atoms with E-state index in [1.54, 1.807) is 6.08 Å². The molecule has 0 radical (unpaired) electrons. The van der Waals surface area contributed by atoms with E-state index >= 15 is 0 Å². The van der Waals surface area contributed by atoms with Crippen molar-refractivity contribution in [2.24, 2.45) is 11.5 Å². The first-order chi connectivity index (χ1) is 10.5. The summed E-state index contributed by atoms with van der Waals surface area (Å²) in [5.41, 5.74) is 15.3. The second kappa shape index (κ2) is 5.15. The van der Waals surface area contributed by atoms with Gasteiger partial charge < -0.3 is 11.5 Å². The summed E-state index contributed by atoms with van der Waals surface area (Å²) in [6.07, 6.45) is 5.28. The van der Waals surface area contributed by atoms with Gasteiger partial charge in [0, 0.05) is 17.0 Å². The van der Waals surface area contributed by atoms with Crippen LogP contribution in [-0.4, -0.2) is 11.6 Å². The molecule has 1 aromatic rings. The number of hydrogen-bond acceptors (Lipinski definition) is 4. The van der Waals surface area contributed by atoms with Crippen LogP contribution in [0.4, 0.5) is 0 Å². The number of benzene rings is 1. The van der Waals surface area contributed by atoms with Gasteiger partial charge in [0.1, 0.15) is 0 Å². The smallest absolute Gasteiger partial charge is 0.196 e. The van der Waals surface area contributed by atoms with Gasteiger partial charge in [-0.15, -0.1) is 0 Å². The zero-order valence-electron chi connectivity index (χ0n) is 12.2. The topological polar surface area (TPSA) is 86.2 Å². The third-order valence-electron chi connectivity index (χ3n) is 3.93. The van der Waals surface area contributed by atoms with Gasteiger partial charge in [-0.25, -0.2) is 0 Å². The lowest BCUT2D eigenvalue weighted by molar-refractivity contribution is -0.113. The third kappa shape index (κ3) is 2.09. The quantitative estimate of drug-likeness (QED) is 0.870. The van der Waals surface area contributed by atoms with Gasteiger partial charge in [-0.3, -0.25) is 9.59 Å². The molecule has 0 saturated carbocycles. The summed E-state index contributed by atoms with van der Waals surface area (Å²) in [5.74, 6) is -0.546. The highest BCUT2D eigenvalue weighted by Crippen LogP contribution is 2.33. The molecule has 0 spiro atoms. The molecule has 0 unspecified atom stereocenters. The zero-order chi connectivity index (χ0) is 15.9. The Hall–Kier alpha value is -2.88. The SMILES string of the molecule is CCc1ccc(C2=CC(N)=C3C(=O)C=CC(N)=C3C2=O)cc1. The second-order valence-corrected chi connectivity index (χ2v) is 5.30. The Morgan fingerprint density at radius 3 is 2.23 bits per heavy atom. The molecule has 0 fully saturated rings. The van der Waals surface area contributed by atoms with Crippen LogP contribution in [0, 0.1) is 0 Å². The molecule has 0 heterocycles. The lowest BCUT2D eigenvalue weighted by Gasteiger charge is -2.22. The minimum absolute atomic E-state index is 0.207. The molecule has 0 atom stereocenters. The van der Waals surface area contributed by atoms with E-state index in [1.807, 2.05) is 24.3 Å². The van der Waals surface area contributed by atoms with Gasteiger partial charge in [0.2, 0.25) is 0 Å². The van der Waals surface area contributed by atoms with Crippen LogP contribution in [-0.2, 0) is 16.0 Å². The fourth-order valence-corrected chi connectivity index (χ4v) is 2.69. The van der Waals surface area contributed by atoms with Gasteiger partial charge in [0.15, 0.2) is 11.6 Å². The molecule has 0 amide bonds. The maximum atomic E-state index is 12.7. The van der Waals surface area contributed by atoms with Crippen LogP contribution in [0.5, 0.6) is 0 Å². The van der Waals surface area contributed by atoms with Crippen LogP contribution in [0.25, 0.3) is 5.57 Å². The standard InChI is InChI=1S/C18H16N2O2/c1-2-10-3-5-11(6-4-10)12-9-14(20)16-15(21)8-7-13(19)17(16)18(12)22/h3-9H,2,19-20H2,1H3. The van der Waals surface area contributed by atoms with E-state index < -0.39 is 0 Å². The minimum Gasteiger partial charge on any atom is -0.398 e. The van der Waals surface area contributed by atoms with Crippen molar-refractivity contribution in [1.29, 1.82) is 0 Å². The van der Waals surface area contributed by atoms with Crippen molar-refractivity contribution in [3.63, 3.8) is 0 Å². The number of carbonyl (C=O) groups is 2. The summed E-state index contributed by atoms with van der Waals surface area (Å²) in [6, 6.07) is 7.72. The maximum Gasteiger partial charge on any atom is 0.196 e. The molecule has 0 aromatic heterocycles. The largest absolute Gasteiger partial charge is 0.398 e. The first-order valence-corrected chi connectivity index (χ1v) is 7.11. The fourth-order valence-electron chi connectivity index (χ4n) is 2.69. The number of nitrogens with two attached hydrogens (primary N) is 2. The molecule has 2 aliphatic rings. The van der Waals surface area contributed by atoms with Crippen LogP contribution in [0.15, 0.2) is 65.0 Å². The zero-order valence-corrected chi connectivity index (χ0v) is 12.2. The predicted octanol–water partition coefficient (Wildman–Crippen LogP) is 1.78. The van der Waals surface area contributed by atoms with E-state index in [2.05, 4.69) is 6.92 Å². The molecule has 0 aliphatic heterocycles. The summed E-state index contributed by atoms with van der Waals surface area (Å²) >= 11 is 0. The number of rotatable bonds is 2. The number of ketones is 2. The number of Topliss-reactive ketones (excluding diaryl/α,β-unsaturated/α-hetero) is 1. The van der Waals surface area contributed by atoms with Crippen LogP contribution in [0.3, 0.4) is 0 Å². The summed E-state index contributed by atoms with van der Waals surface area (Å²) in [6.45, 7) is 2.07. The molecule has 4 N–H and O–H groups in total. The van der Waals surface area contributed by atoms with Crippen molar-refractivity contribution < 1.29 is 9.59 Å². The first kappa shape index (κ1) is 14.1. The Bertz CT molecular complexity index is 806. The molecule has 4 heteroatoms. The van der Waals surface area contributed by atoms with Crippen LogP contribution >= 0.6 is 0 Å². The Balaban J connectivity index is 2.15. The van der Waals surface area contributed by atoms with Gasteiger partial charge in [0.25, 0.3) is 0 Å². The van der Waals surface area contributed by atoms with E-state index in [0.717, 1.165) is 12.0 Å². The van der Waals surface area contributed by atoms with Crippen molar-refractivity contribution in [3.05, 3.63) is 76.2 Å². The lowest BCUT2D eigenvalue weighted by Crippen LogP contribution is -2.26. The van der Waals surface area contributed by atoms with Crippen LogP contribution < -0.4 is 11.5 Å². The Labute approximate surface area is 128 Å². The highest BCUT2D eigenvalue weighted by Gasteiger charge is 2.32.